The van der Waals surface area contributed by atoms with Crippen LogP contribution in [0, 0.1) is 32.1 Å². The fourth-order valence-corrected chi connectivity index (χ4v) is 8.20. The van der Waals surface area contributed by atoms with Gasteiger partial charge in [0, 0.05) is 36.0 Å². The first-order valence-corrected chi connectivity index (χ1v) is 19.2. The highest BCUT2D eigenvalue weighted by Crippen LogP contribution is 2.33. The summed E-state index contributed by atoms with van der Waals surface area (Å²) in [6.45, 7) is 17.9. The molecule has 11 nitrogen and oxygen atoms in total. The van der Waals surface area contributed by atoms with Gasteiger partial charge in [-0.25, -0.2) is 28.1 Å². The Labute approximate surface area is 302 Å². The zero-order chi connectivity index (χ0) is 36.7. The summed E-state index contributed by atoms with van der Waals surface area (Å²) in [6.07, 6.45) is 4.60. The molecule has 1 amide bonds. The number of nitrogens with one attached hydrogen (secondary N) is 1. The van der Waals surface area contributed by atoms with Gasteiger partial charge in [-0.15, -0.1) is 0 Å². The van der Waals surface area contributed by atoms with E-state index in [2.05, 4.69) is 54.2 Å². The second kappa shape index (κ2) is 14.2. The number of sulfonamides is 1. The highest BCUT2D eigenvalue weighted by Gasteiger charge is 2.33. The van der Waals surface area contributed by atoms with Gasteiger partial charge in [0.2, 0.25) is 17.8 Å². The molecule has 12 heteroatoms. The van der Waals surface area contributed by atoms with Gasteiger partial charge in [0.25, 0.3) is 15.9 Å². The van der Waals surface area contributed by atoms with Gasteiger partial charge in [-0.3, -0.25) is 4.79 Å². The normalized spacial score (nSPS) is 19.2. The molecule has 2 aromatic heterocycles. The number of carbonyl (C=O) groups is 1. The quantitative estimate of drug-likeness (QED) is 0.222. The SMILES string of the molecule is Cc1cnc(N2CCCC2C(C)C)nc1CN1C(=O)c2cccc(c2)S(=O)(=O)Nc2nc(cc(-c3c(C)cccc3C)n2)OC[C@H]1CC(C)(C)C. The Hall–Kier alpha value is -4.58. The van der Waals surface area contributed by atoms with E-state index < -0.39 is 16.1 Å². The summed E-state index contributed by atoms with van der Waals surface area (Å²) in [7, 11) is -4.18. The molecule has 2 atom stereocenters. The van der Waals surface area contributed by atoms with Crippen LogP contribution in [0.25, 0.3) is 11.3 Å². The largest absolute Gasteiger partial charge is 0.475 e. The Balaban J connectivity index is 1.48. The van der Waals surface area contributed by atoms with Crippen molar-refractivity contribution in [2.45, 2.75) is 98.2 Å². The van der Waals surface area contributed by atoms with E-state index in [0.717, 1.165) is 47.3 Å². The lowest BCUT2D eigenvalue weighted by molar-refractivity contribution is 0.0508. The fourth-order valence-electron chi connectivity index (χ4n) is 7.21. The van der Waals surface area contributed by atoms with Crippen molar-refractivity contribution in [1.82, 2.24) is 24.8 Å². The fraction of sp³-hybridized carbons (Fsp3) is 0.462. The van der Waals surface area contributed by atoms with Crippen LogP contribution in [-0.2, 0) is 16.6 Å². The number of benzene rings is 2. The van der Waals surface area contributed by atoms with E-state index in [1.807, 2.05) is 45.2 Å². The predicted molar refractivity (Wildman–Crippen MR) is 199 cm³/mol. The second-order valence-corrected chi connectivity index (χ2v) is 17.1. The summed E-state index contributed by atoms with van der Waals surface area (Å²) in [5, 5.41) is 0. The summed E-state index contributed by atoms with van der Waals surface area (Å²) in [6, 6.07) is 13.7. The molecule has 0 spiro atoms. The molecule has 1 saturated heterocycles. The molecule has 2 aromatic carbocycles. The van der Waals surface area contributed by atoms with Gasteiger partial charge >= 0.3 is 0 Å². The molecule has 2 aliphatic heterocycles. The van der Waals surface area contributed by atoms with Crippen molar-refractivity contribution in [3.8, 4) is 17.1 Å². The van der Waals surface area contributed by atoms with E-state index >= 15 is 0 Å². The van der Waals surface area contributed by atoms with E-state index in [1.54, 1.807) is 23.1 Å². The Morgan fingerprint density at radius 2 is 1.71 bits per heavy atom. The number of rotatable bonds is 6. The van der Waals surface area contributed by atoms with Gasteiger partial charge in [0.15, 0.2) is 0 Å². The van der Waals surface area contributed by atoms with Gasteiger partial charge < -0.3 is 14.5 Å². The molecule has 0 radical (unpaired) electrons. The second-order valence-electron chi connectivity index (χ2n) is 15.4. The first-order chi connectivity index (χ1) is 24.1. The molecule has 4 heterocycles. The Bertz CT molecular complexity index is 2020. The van der Waals surface area contributed by atoms with Crippen molar-refractivity contribution in [3.05, 3.63) is 82.7 Å². The third kappa shape index (κ3) is 8.01. The lowest BCUT2D eigenvalue weighted by Crippen LogP contribution is -2.45. The van der Waals surface area contributed by atoms with Crippen LogP contribution in [0.1, 0.15) is 86.6 Å². The van der Waals surface area contributed by atoms with E-state index in [0.29, 0.717) is 30.0 Å². The maximum atomic E-state index is 14.7. The maximum absolute atomic E-state index is 14.7. The highest BCUT2D eigenvalue weighted by molar-refractivity contribution is 7.92. The third-order valence-corrected chi connectivity index (χ3v) is 11.1. The highest BCUT2D eigenvalue weighted by atomic mass is 32.2. The smallest absolute Gasteiger partial charge is 0.264 e. The van der Waals surface area contributed by atoms with Crippen LogP contribution in [0.3, 0.4) is 0 Å². The van der Waals surface area contributed by atoms with Crippen LogP contribution < -0.4 is 14.4 Å². The first-order valence-electron chi connectivity index (χ1n) is 17.7. The van der Waals surface area contributed by atoms with Crippen LogP contribution in [0.4, 0.5) is 11.9 Å². The van der Waals surface area contributed by atoms with Crippen molar-refractivity contribution in [3.63, 3.8) is 0 Å². The molecule has 6 rings (SSSR count). The molecule has 4 bridgehead atoms. The minimum atomic E-state index is -4.18. The van der Waals surface area contributed by atoms with E-state index in [4.69, 9.17) is 14.7 Å². The van der Waals surface area contributed by atoms with E-state index in [-0.39, 0.29) is 46.8 Å². The minimum Gasteiger partial charge on any atom is -0.475 e. The van der Waals surface area contributed by atoms with Crippen LogP contribution in [0.5, 0.6) is 5.88 Å². The van der Waals surface area contributed by atoms with Crippen molar-refractivity contribution in [2.24, 2.45) is 11.3 Å². The van der Waals surface area contributed by atoms with Gasteiger partial charge in [-0.05, 0) is 86.3 Å². The minimum absolute atomic E-state index is 0.0716. The van der Waals surface area contributed by atoms with Crippen molar-refractivity contribution in [2.75, 3.05) is 22.8 Å². The molecule has 51 heavy (non-hydrogen) atoms. The summed E-state index contributed by atoms with van der Waals surface area (Å²) in [5.41, 5.74) is 5.01. The molecule has 4 aromatic rings. The van der Waals surface area contributed by atoms with Crippen LogP contribution in [0.2, 0.25) is 0 Å². The summed E-state index contributed by atoms with van der Waals surface area (Å²) in [4.78, 5) is 37.6. The average Bonchev–Trinajstić information content (AvgIpc) is 3.56. The van der Waals surface area contributed by atoms with E-state index in [9.17, 15) is 13.2 Å². The van der Waals surface area contributed by atoms with Crippen LogP contribution in [-0.4, -0.2) is 64.4 Å². The number of hydrogen-bond donors (Lipinski definition) is 1. The number of hydrogen-bond acceptors (Lipinski definition) is 9. The topological polar surface area (TPSA) is 131 Å². The lowest BCUT2D eigenvalue weighted by atomic mass is 9.87. The number of anilines is 2. The van der Waals surface area contributed by atoms with Crippen LogP contribution >= 0.6 is 0 Å². The number of aryl methyl sites for hydroxylation is 3. The Morgan fingerprint density at radius 1 is 0.980 bits per heavy atom. The molecule has 1 unspecified atom stereocenters. The standard InChI is InChI=1S/C39H49N7O4S/c1-24(2)33-16-11-17-45(33)38-40-21-27(5)32(42-38)22-46-29(20-39(6,7)8)23-50-34-19-31(35-25(3)12-9-13-26(35)4)41-37(43-34)44-51(48,49)30-15-10-14-28(18-30)36(46)47/h9-10,12-15,18-19,21,24,29,33H,11,16-17,20,22-23H2,1-8H3,(H,41,43,44)/t29-,33?/m1/s1. The lowest BCUT2D eigenvalue weighted by Gasteiger charge is -2.36. The average molecular weight is 712 g/mol. The van der Waals surface area contributed by atoms with Crippen molar-refractivity contribution < 1.29 is 17.9 Å². The monoisotopic (exact) mass is 711 g/mol. The zero-order valence-electron chi connectivity index (χ0n) is 30.9. The molecule has 1 N–H and O–H groups in total. The molecule has 0 saturated carbocycles. The Kier molecular flexibility index (Phi) is 10.1. The van der Waals surface area contributed by atoms with Gasteiger partial charge in [0.1, 0.15) is 6.61 Å². The Morgan fingerprint density at radius 3 is 2.41 bits per heavy atom. The third-order valence-electron chi connectivity index (χ3n) is 9.74. The number of ether oxygens (including phenoxy) is 1. The van der Waals surface area contributed by atoms with Gasteiger partial charge in [-0.1, -0.05) is 58.9 Å². The first kappa shape index (κ1) is 36.2. The number of amides is 1. The molecule has 0 aliphatic carbocycles. The van der Waals surface area contributed by atoms with Crippen LogP contribution in [0.15, 0.2) is 59.6 Å². The van der Waals surface area contributed by atoms with Gasteiger partial charge in [0.05, 0.1) is 28.9 Å². The molecular weight excluding hydrogens is 663 g/mol. The summed E-state index contributed by atoms with van der Waals surface area (Å²) in [5.74, 6) is 0.882. The van der Waals surface area contributed by atoms with Gasteiger partial charge in [-0.2, -0.15) is 4.98 Å². The summed E-state index contributed by atoms with van der Waals surface area (Å²) >= 11 is 0. The zero-order valence-corrected chi connectivity index (χ0v) is 31.7. The molecule has 1 fully saturated rings. The van der Waals surface area contributed by atoms with Crippen molar-refractivity contribution >= 4 is 27.8 Å². The summed E-state index contributed by atoms with van der Waals surface area (Å²) < 4.78 is 36.6. The molecular formula is C39H49N7O4S. The number of carbonyl (C=O) groups excluding carboxylic acids is 1. The number of aromatic nitrogens is 4. The molecule has 2 aliphatic rings. The molecule has 270 valence electrons. The predicted octanol–water partition coefficient (Wildman–Crippen LogP) is 7.12. The van der Waals surface area contributed by atoms with E-state index in [1.165, 1.54) is 12.1 Å². The van der Waals surface area contributed by atoms with Crippen molar-refractivity contribution in [1.29, 1.82) is 0 Å². The number of fused-ring (bicyclic) bond motifs is 4. The number of nitrogens with zero attached hydrogens (tertiary/aromatic N) is 6. The maximum Gasteiger partial charge on any atom is 0.264 e.